The number of rotatable bonds is 5. The molecule has 3 aromatic rings. The molecule has 7 nitrogen and oxygen atoms in total. The van der Waals surface area contributed by atoms with E-state index in [0.717, 1.165) is 12.1 Å². The number of nitrogens with one attached hydrogen (secondary N) is 2. The first-order valence-corrected chi connectivity index (χ1v) is 8.14. The number of hydrogen-bond acceptors (Lipinski definition) is 4. The summed E-state index contributed by atoms with van der Waals surface area (Å²) in [4.78, 5) is 38.1. The first-order valence-electron chi connectivity index (χ1n) is 8.14. The second-order valence-electron chi connectivity index (χ2n) is 5.87. The van der Waals surface area contributed by atoms with Crippen LogP contribution < -0.4 is 11.0 Å². The minimum absolute atomic E-state index is 0.172. The standard InChI is InChI=1S/C19H15F2N3O4/c1-11-9-22-19(27)24(11)14-5-2-12(3-6-14)18(26)28-10-17(25)23-16-7-4-13(20)8-15(16)21/h2-9H,10H2,1H3,(H,22,27)(H,23,25). The molecule has 1 heterocycles. The number of amides is 1. The molecule has 0 aliphatic rings. The van der Waals surface area contributed by atoms with E-state index in [2.05, 4.69) is 10.3 Å². The molecule has 3 rings (SSSR count). The Balaban J connectivity index is 1.60. The highest BCUT2D eigenvalue weighted by Gasteiger charge is 2.13. The summed E-state index contributed by atoms with van der Waals surface area (Å²) in [5.74, 6) is -3.25. The summed E-state index contributed by atoms with van der Waals surface area (Å²) >= 11 is 0. The highest BCUT2D eigenvalue weighted by Crippen LogP contribution is 2.15. The Morgan fingerprint density at radius 1 is 1.14 bits per heavy atom. The van der Waals surface area contributed by atoms with Crippen molar-refractivity contribution in [3.05, 3.63) is 82.0 Å². The van der Waals surface area contributed by atoms with Crippen LogP contribution in [0, 0.1) is 18.6 Å². The van der Waals surface area contributed by atoms with Crippen LogP contribution in [0.4, 0.5) is 14.5 Å². The van der Waals surface area contributed by atoms with Gasteiger partial charge in [0.2, 0.25) is 0 Å². The molecule has 9 heteroatoms. The lowest BCUT2D eigenvalue weighted by Gasteiger charge is -2.08. The number of esters is 1. The van der Waals surface area contributed by atoms with Gasteiger partial charge in [-0.05, 0) is 43.3 Å². The molecule has 0 aliphatic heterocycles. The molecular weight excluding hydrogens is 372 g/mol. The molecule has 0 fully saturated rings. The van der Waals surface area contributed by atoms with E-state index >= 15 is 0 Å². The number of benzene rings is 2. The van der Waals surface area contributed by atoms with E-state index in [1.807, 2.05) is 0 Å². The van der Waals surface area contributed by atoms with Gasteiger partial charge in [0, 0.05) is 18.0 Å². The molecule has 2 N–H and O–H groups in total. The predicted molar refractivity (Wildman–Crippen MR) is 96.4 cm³/mol. The lowest BCUT2D eigenvalue weighted by Crippen LogP contribution is -2.21. The number of aromatic nitrogens is 2. The molecule has 2 aromatic carbocycles. The molecule has 1 aromatic heterocycles. The Morgan fingerprint density at radius 3 is 2.46 bits per heavy atom. The summed E-state index contributed by atoms with van der Waals surface area (Å²) in [5.41, 5.74) is 0.900. The van der Waals surface area contributed by atoms with Gasteiger partial charge in [-0.15, -0.1) is 0 Å². The average molecular weight is 387 g/mol. The Hall–Kier alpha value is -3.75. The van der Waals surface area contributed by atoms with Crippen LogP contribution in [-0.4, -0.2) is 28.0 Å². The molecular formula is C19H15F2N3O4. The second-order valence-corrected chi connectivity index (χ2v) is 5.87. The van der Waals surface area contributed by atoms with E-state index < -0.39 is 30.1 Å². The molecule has 0 saturated heterocycles. The molecule has 0 saturated carbocycles. The smallest absolute Gasteiger partial charge is 0.338 e. The summed E-state index contributed by atoms with van der Waals surface area (Å²) in [6, 6.07) is 8.71. The van der Waals surface area contributed by atoms with Gasteiger partial charge < -0.3 is 15.0 Å². The Labute approximate surface area is 157 Å². The van der Waals surface area contributed by atoms with Crippen LogP contribution in [0.15, 0.2) is 53.5 Å². The maximum absolute atomic E-state index is 13.5. The highest BCUT2D eigenvalue weighted by molar-refractivity contribution is 5.95. The Bertz CT molecular complexity index is 1090. The number of ether oxygens (including phenoxy) is 1. The molecule has 1 amide bonds. The molecule has 0 spiro atoms. The lowest BCUT2D eigenvalue weighted by molar-refractivity contribution is -0.119. The summed E-state index contributed by atoms with van der Waals surface area (Å²) in [6.07, 6.45) is 1.56. The zero-order chi connectivity index (χ0) is 20.3. The molecule has 144 valence electrons. The number of nitrogens with zero attached hydrogens (tertiary/aromatic N) is 1. The van der Waals surface area contributed by atoms with Gasteiger partial charge in [0.1, 0.15) is 11.6 Å². The van der Waals surface area contributed by atoms with Crippen LogP contribution in [0.3, 0.4) is 0 Å². The van der Waals surface area contributed by atoms with E-state index in [-0.39, 0.29) is 16.9 Å². The lowest BCUT2D eigenvalue weighted by atomic mass is 10.2. The maximum atomic E-state index is 13.5. The third-order valence-electron chi connectivity index (χ3n) is 3.86. The van der Waals surface area contributed by atoms with Crippen LogP contribution in [0.2, 0.25) is 0 Å². The summed E-state index contributed by atoms with van der Waals surface area (Å²) in [6.45, 7) is 1.11. The van der Waals surface area contributed by atoms with Gasteiger partial charge >= 0.3 is 11.7 Å². The van der Waals surface area contributed by atoms with Crippen molar-refractivity contribution in [2.75, 3.05) is 11.9 Å². The summed E-state index contributed by atoms with van der Waals surface area (Å²) < 4.78 is 32.7. The zero-order valence-electron chi connectivity index (χ0n) is 14.7. The van der Waals surface area contributed by atoms with Crippen molar-refractivity contribution < 1.29 is 23.1 Å². The molecule has 28 heavy (non-hydrogen) atoms. The first kappa shape index (κ1) is 19.0. The van der Waals surface area contributed by atoms with E-state index in [0.29, 0.717) is 17.4 Å². The topological polar surface area (TPSA) is 93.2 Å². The van der Waals surface area contributed by atoms with Crippen LogP contribution in [0.1, 0.15) is 16.1 Å². The number of H-pyrrole nitrogens is 1. The fourth-order valence-electron chi connectivity index (χ4n) is 2.51. The van der Waals surface area contributed by atoms with Crippen molar-refractivity contribution in [2.24, 2.45) is 0 Å². The first-order chi connectivity index (χ1) is 13.3. The normalized spacial score (nSPS) is 10.5. The van der Waals surface area contributed by atoms with Crippen molar-refractivity contribution in [1.29, 1.82) is 0 Å². The number of carbonyl (C=O) groups is 2. The van der Waals surface area contributed by atoms with Gasteiger partial charge in [0.05, 0.1) is 16.9 Å². The van der Waals surface area contributed by atoms with Crippen LogP contribution in [0.25, 0.3) is 5.69 Å². The SMILES string of the molecule is Cc1c[nH]c(=O)n1-c1ccc(C(=O)OCC(=O)Nc2ccc(F)cc2F)cc1. The molecule has 0 bridgehead atoms. The molecule has 0 radical (unpaired) electrons. The third kappa shape index (κ3) is 4.14. The molecule has 0 unspecified atom stereocenters. The van der Waals surface area contributed by atoms with E-state index in [1.54, 1.807) is 25.3 Å². The van der Waals surface area contributed by atoms with Gasteiger partial charge in [-0.25, -0.2) is 18.4 Å². The quantitative estimate of drug-likeness (QED) is 0.658. The van der Waals surface area contributed by atoms with Gasteiger partial charge in [-0.1, -0.05) is 0 Å². The summed E-state index contributed by atoms with van der Waals surface area (Å²) in [5, 5.41) is 2.19. The van der Waals surface area contributed by atoms with Crippen molar-refractivity contribution >= 4 is 17.6 Å². The van der Waals surface area contributed by atoms with Gasteiger partial charge in [0.25, 0.3) is 5.91 Å². The van der Waals surface area contributed by atoms with E-state index in [4.69, 9.17) is 4.74 Å². The van der Waals surface area contributed by atoms with Crippen LogP contribution in [0.5, 0.6) is 0 Å². The fraction of sp³-hybridized carbons (Fsp3) is 0.105. The molecule has 0 atom stereocenters. The van der Waals surface area contributed by atoms with Crippen molar-refractivity contribution in [3.8, 4) is 5.69 Å². The second kappa shape index (κ2) is 7.87. The average Bonchev–Trinajstić information content (AvgIpc) is 3.00. The number of aromatic amines is 1. The number of carbonyl (C=O) groups excluding carboxylic acids is 2. The fourth-order valence-corrected chi connectivity index (χ4v) is 2.51. The monoisotopic (exact) mass is 387 g/mol. The number of anilines is 1. The molecule has 0 aliphatic carbocycles. The zero-order valence-corrected chi connectivity index (χ0v) is 14.7. The minimum Gasteiger partial charge on any atom is -0.452 e. The van der Waals surface area contributed by atoms with Gasteiger partial charge in [0.15, 0.2) is 6.61 Å². The van der Waals surface area contributed by atoms with Crippen molar-refractivity contribution in [2.45, 2.75) is 6.92 Å². The number of aryl methyl sites for hydroxylation is 1. The third-order valence-corrected chi connectivity index (χ3v) is 3.86. The number of halogens is 2. The van der Waals surface area contributed by atoms with E-state index in [9.17, 15) is 23.2 Å². The van der Waals surface area contributed by atoms with Gasteiger partial charge in [-0.3, -0.25) is 9.36 Å². The number of hydrogen-bond donors (Lipinski definition) is 2. The summed E-state index contributed by atoms with van der Waals surface area (Å²) in [7, 11) is 0. The van der Waals surface area contributed by atoms with Crippen molar-refractivity contribution in [3.63, 3.8) is 0 Å². The Kier molecular flexibility index (Phi) is 5.35. The minimum atomic E-state index is -0.939. The van der Waals surface area contributed by atoms with E-state index in [1.165, 1.54) is 16.7 Å². The number of imidazole rings is 1. The van der Waals surface area contributed by atoms with Crippen molar-refractivity contribution in [1.82, 2.24) is 9.55 Å². The highest BCUT2D eigenvalue weighted by atomic mass is 19.1. The largest absolute Gasteiger partial charge is 0.452 e. The maximum Gasteiger partial charge on any atom is 0.338 e. The predicted octanol–water partition coefficient (Wildman–Crippen LogP) is 2.55. The van der Waals surface area contributed by atoms with Gasteiger partial charge in [-0.2, -0.15) is 0 Å². The van der Waals surface area contributed by atoms with Crippen LogP contribution >= 0.6 is 0 Å². The Morgan fingerprint density at radius 2 is 1.86 bits per heavy atom. The van der Waals surface area contributed by atoms with Crippen LogP contribution in [-0.2, 0) is 9.53 Å².